The van der Waals surface area contributed by atoms with E-state index < -0.39 is 10.2 Å². The van der Waals surface area contributed by atoms with Crippen LogP contribution < -0.4 is 5.32 Å². The molecule has 1 unspecified atom stereocenters. The van der Waals surface area contributed by atoms with Crippen molar-refractivity contribution in [1.29, 1.82) is 0 Å². The number of nitrogens with one attached hydrogen (secondary N) is 1. The van der Waals surface area contributed by atoms with E-state index >= 15 is 0 Å². The smallest absolute Gasteiger partial charge is 0.271 e. The highest BCUT2D eigenvalue weighted by Crippen LogP contribution is 2.33. The monoisotopic (exact) mass is 404 g/mol. The number of nitrogens with zero attached hydrogens (tertiary/aromatic N) is 1. The zero-order chi connectivity index (χ0) is 17.9. The number of hydrogen-bond donors (Lipinski definition) is 1. The van der Waals surface area contributed by atoms with Crippen LogP contribution in [0.5, 0.6) is 0 Å². The Balaban J connectivity index is 2.09. The molecule has 0 saturated carbocycles. The number of rotatable bonds is 5. The van der Waals surface area contributed by atoms with Crippen LogP contribution in [0.1, 0.15) is 6.92 Å². The van der Waals surface area contributed by atoms with Gasteiger partial charge in [-0.25, -0.2) is 0 Å². The van der Waals surface area contributed by atoms with Crippen molar-refractivity contribution in [2.45, 2.75) is 17.1 Å². The van der Waals surface area contributed by atoms with E-state index in [1.165, 1.54) is 30.0 Å². The van der Waals surface area contributed by atoms with Crippen molar-refractivity contribution in [1.82, 2.24) is 0 Å². The van der Waals surface area contributed by atoms with Gasteiger partial charge in [-0.1, -0.05) is 34.8 Å². The molecular formula is C15H11Cl3N2O3S. The predicted octanol–water partition coefficient (Wildman–Crippen LogP) is 5.67. The molecule has 0 fully saturated rings. The van der Waals surface area contributed by atoms with Crippen molar-refractivity contribution in [2.24, 2.45) is 0 Å². The molecule has 2 aromatic carbocycles. The van der Waals surface area contributed by atoms with Crippen LogP contribution in [0.2, 0.25) is 15.1 Å². The Morgan fingerprint density at radius 2 is 1.88 bits per heavy atom. The third-order valence-corrected chi connectivity index (χ3v) is 5.14. The Morgan fingerprint density at radius 1 is 1.17 bits per heavy atom. The van der Waals surface area contributed by atoms with Gasteiger partial charge in [0.25, 0.3) is 5.69 Å². The van der Waals surface area contributed by atoms with Gasteiger partial charge in [0.1, 0.15) is 0 Å². The van der Waals surface area contributed by atoms with Gasteiger partial charge in [-0.15, -0.1) is 11.8 Å². The first-order chi connectivity index (χ1) is 11.3. The lowest BCUT2D eigenvalue weighted by atomic mass is 10.2. The number of carbonyl (C=O) groups is 1. The lowest BCUT2D eigenvalue weighted by Gasteiger charge is -2.14. The quantitative estimate of drug-likeness (QED) is 0.395. The molecule has 1 N–H and O–H groups in total. The number of nitro benzene ring substituents is 1. The molecule has 0 bridgehead atoms. The number of anilines is 1. The van der Waals surface area contributed by atoms with E-state index in [0.29, 0.717) is 20.6 Å². The number of thioether (sulfide) groups is 1. The maximum atomic E-state index is 12.3. The third-order valence-electron chi connectivity index (χ3n) is 2.99. The number of non-ortho nitro benzene ring substituents is 1. The summed E-state index contributed by atoms with van der Waals surface area (Å²) in [7, 11) is 0. The van der Waals surface area contributed by atoms with Crippen LogP contribution in [-0.4, -0.2) is 16.1 Å². The molecule has 1 atom stereocenters. The van der Waals surface area contributed by atoms with Crippen LogP contribution in [-0.2, 0) is 4.79 Å². The average molecular weight is 406 g/mol. The Labute approximate surface area is 157 Å². The minimum atomic E-state index is -0.558. The molecule has 0 spiro atoms. The Bertz CT molecular complexity index is 802. The number of carbonyl (C=O) groups excluding carboxylic acids is 1. The normalized spacial score (nSPS) is 11.8. The summed E-state index contributed by atoms with van der Waals surface area (Å²) in [5.41, 5.74) is 0.156. The minimum Gasteiger partial charge on any atom is -0.324 e. The first-order valence-electron chi connectivity index (χ1n) is 6.64. The maximum absolute atomic E-state index is 12.3. The highest BCUT2D eigenvalue weighted by atomic mass is 35.5. The number of hydrogen-bond acceptors (Lipinski definition) is 4. The molecule has 1 amide bonds. The standard InChI is InChI=1S/C15H11Cl3N2O3S/c1-8(24-14-6-9(16)2-4-11(14)17)15(21)19-13-5-3-10(20(22)23)7-12(13)18/h2-8H,1H3,(H,19,21). The van der Waals surface area contributed by atoms with Gasteiger partial charge in [0.15, 0.2) is 0 Å². The van der Waals surface area contributed by atoms with Crippen molar-refractivity contribution in [3.63, 3.8) is 0 Å². The molecule has 0 aliphatic heterocycles. The summed E-state index contributed by atoms with van der Waals surface area (Å²) in [6, 6.07) is 8.84. The zero-order valence-electron chi connectivity index (χ0n) is 12.3. The van der Waals surface area contributed by atoms with Gasteiger partial charge in [0.2, 0.25) is 5.91 Å². The van der Waals surface area contributed by atoms with Gasteiger partial charge in [-0.05, 0) is 31.2 Å². The molecule has 0 saturated heterocycles. The molecule has 5 nitrogen and oxygen atoms in total. The van der Waals surface area contributed by atoms with Crippen LogP contribution in [0, 0.1) is 10.1 Å². The van der Waals surface area contributed by atoms with E-state index in [-0.39, 0.29) is 16.6 Å². The number of halogens is 3. The Kier molecular flexibility index (Phi) is 6.34. The maximum Gasteiger partial charge on any atom is 0.271 e. The second-order valence-corrected chi connectivity index (χ2v) is 7.38. The summed E-state index contributed by atoms with van der Waals surface area (Å²) in [5, 5.41) is 14.0. The van der Waals surface area contributed by atoms with Crippen molar-refractivity contribution in [2.75, 3.05) is 5.32 Å². The lowest BCUT2D eigenvalue weighted by molar-refractivity contribution is -0.384. The second-order valence-electron chi connectivity index (χ2n) is 4.75. The molecule has 0 aliphatic carbocycles. The summed E-state index contributed by atoms with van der Waals surface area (Å²) in [6.45, 7) is 1.70. The summed E-state index contributed by atoms with van der Waals surface area (Å²) >= 11 is 19.2. The van der Waals surface area contributed by atoms with Crippen LogP contribution in [0.3, 0.4) is 0 Å². The van der Waals surface area contributed by atoms with Gasteiger partial charge in [-0.3, -0.25) is 14.9 Å². The fourth-order valence-electron chi connectivity index (χ4n) is 1.76. The summed E-state index contributed by atoms with van der Waals surface area (Å²) in [4.78, 5) is 23.1. The van der Waals surface area contributed by atoms with E-state index in [0.717, 1.165) is 0 Å². The van der Waals surface area contributed by atoms with E-state index in [2.05, 4.69) is 5.32 Å². The van der Waals surface area contributed by atoms with Crippen LogP contribution >= 0.6 is 46.6 Å². The van der Waals surface area contributed by atoms with Crippen molar-refractivity contribution >= 4 is 63.8 Å². The SMILES string of the molecule is CC(Sc1cc(Cl)ccc1Cl)C(=O)Nc1ccc([N+](=O)[O-])cc1Cl. The first kappa shape index (κ1) is 18.9. The molecule has 0 aliphatic rings. The van der Waals surface area contributed by atoms with E-state index in [9.17, 15) is 14.9 Å². The summed E-state index contributed by atoms with van der Waals surface area (Å²) < 4.78 is 0. The number of amides is 1. The molecule has 2 aromatic rings. The van der Waals surface area contributed by atoms with Gasteiger partial charge >= 0.3 is 0 Å². The molecule has 2 rings (SSSR count). The summed E-state index contributed by atoms with van der Waals surface area (Å²) in [5.74, 6) is -0.313. The zero-order valence-corrected chi connectivity index (χ0v) is 15.3. The number of benzene rings is 2. The average Bonchev–Trinajstić information content (AvgIpc) is 2.52. The fraction of sp³-hybridized carbons (Fsp3) is 0.133. The Morgan fingerprint density at radius 3 is 2.50 bits per heavy atom. The molecule has 0 aromatic heterocycles. The van der Waals surface area contributed by atoms with Crippen molar-refractivity contribution < 1.29 is 9.72 Å². The molecular weight excluding hydrogens is 395 g/mol. The van der Waals surface area contributed by atoms with Gasteiger partial charge < -0.3 is 5.32 Å². The third kappa shape index (κ3) is 4.77. The van der Waals surface area contributed by atoms with Crippen molar-refractivity contribution in [3.05, 3.63) is 61.6 Å². The number of nitro groups is 1. The van der Waals surface area contributed by atoms with Gasteiger partial charge in [0.05, 0.1) is 25.9 Å². The molecule has 9 heteroatoms. The van der Waals surface area contributed by atoms with Crippen molar-refractivity contribution in [3.8, 4) is 0 Å². The molecule has 24 heavy (non-hydrogen) atoms. The predicted molar refractivity (Wildman–Crippen MR) is 98.5 cm³/mol. The molecule has 126 valence electrons. The second kappa shape index (κ2) is 8.07. The summed E-state index contributed by atoms with van der Waals surface area (Å²) in [6.07, 6.45) is 0. The van der Waals surface area contributed by atoms with Crippen LogP contribution in [0.15, 0.2) is 41.3 Å². The topological polar surface area (TPSA) is 72.2 Å². The Hall–Kier alpha value is -1.47. The van der Waals surface area contributed by atoms with E-state index in [1.54, 1.807) is 25.1 Å². The fourth-order valence-corrected chi connectivity index (χ4v) is 3.40. The van der Waals surface area contributed by atoms with E-state index in [1.807, 2.05) is 0 Å². The van der Waals surface area contributed by atoms with E-state index in [4.69, 9.17) is 34.8 Å². The minimum absolute atomic E-state index is 0.0931. The highest BCUT2D eigenvalue weighted by Gasteiger charge is 2.18. The first-order valence-corrected chi connectivity index (χ1v) is 8.66. The molecule has 0 radical (unpaired) electrons. The van der Waals surface area contributed by atoms with Gasteiger partial charge in [-0.2, -0.15) is 0 Å². The van der Waals surface area contributed by atoms with Crippen LogP contribution in [0.4, 0.5) is 11.4 Å². The largest absolute Gasteiger partial charge is 0.324 e. The van der Waals surface area contributed by atoms with Gasteiger partial charge in [0, 0.05) is 22.1 Å². The highest BCUT2D eigenvalue weighted by molar-refractivity contribution is 8.00. The lowest BCUT2D eigenvalue weighted by Crippen LogP contribution is -2.22. The molecule has 0 heterocycles. The van der Waals surface area contributed by atoms with Crippen LogP contribution in [0.25, 0.3) is 0 Å².